The van der Waals surface area contributed by atoms with Crippen LogP contribution in [-0.2, 0) is 25.6 Å². The van der Waals surface area contributed by atoms with E-state index in [9.17, 15) is 28.0 Å². The zero-order valence-electron chi connectivity index (χ0n) is 35.2. The topological polar surface area (TPSA) is 198 Å². The Morgan fingerprint density at radius 2 is 1.88 bits per heavy atom. The number of piperidine rings is 1. The van der Waals surface area contributed by atoms with Crippen molar-refractivity contribution in [1.82, 2.24) is 40.2 Å². The van der Waals surface area contributed by atoms with Crippen LogP contribution in [0.1, 0.15) is 71.1 Å². The van der Waals surface area contributed by atoms with Gasteiger partial charge >= 0.3 is 6.09 Å². The molecule has 9 rings (SSSR count). The van der Waals surface area contributed by atoms with Gasteiger partial charge < -0.3 is 29.8 Å². The van der Waals surface area contributed by atoms with E-state index in [4.69, 9.17) is 13.9 Å². The zero-order valence-corrected chi connectivity index (χ0v) is 35.2. The van der Waals surface area contributed by atoms with Crippen molar-refractivity contribution in [2.75, 3.05) is 56.5 Å². The molecule has 0 bridgehead atoms. The minimum absolute atomic E-state index is 0.0609. The van der Waals surface area contributed by atoms with Crippen LogP contribution < -0.4 is 21.3 Å². The molecule has 3 atom stereocenters. The summed E-state index contributed by atoms with van der Waals surface area (Å²) in [7, 11) is 0. The second kappa shape index (κ2) is 19.4. The molecular formula is C46H46F2N10O7. The summed E-state index contributed by atoms with van der Waals surface area (Å²) >= 11 is 0. The van der Waals surface area contributed by atoms with Crippen molar-refractivity contribution < 1.29 is 41.8 Å². The number of morpholine rings is 1. The molecule has 4 amide bonds. The Labute approximate surface area is 372 Å². The second-order valence-corrected chi connectivity index (χ2v) is 16.4. The van der Waals surface area contributed by atoms with E-state index in [1.165, 1.54) is 34.9 Å². The highest BCUT2D eigenvalue weighted by molar-refractivity contribution is 6.03. The fourth-order valence-electron chi connectivity index (χ4n) is 7.85. The number of aromatic nitrogens is 4. The van der Waals surface area contributed by atoms with Crippen molar-refractivity contribution in [3.63, 3.8) is 0 Å². The van der Waals surface area contributed by atoms with Gasteiger partial charge in [-0.25, -0.2) is 28.2 Å². The van der Waals surface area contributed by atoms with Gasteiger partial charge in [0, 0.05) is 56.5 Å². The number of carbonyl (C=O) groups excluding carboxylic acids is 4. The number of benzene rings is 2. The predicted molar refractivity (Wildman–Crippen MR) is 231 cm³/mol. The number of carbonyl (C=O) groups is 4. The van der Waals surface area contributed by atoms with Crippen molar-refractivity contribution in [2.45, 2.75) is 56.9 Å². The molecule has 1 aliphatic carbocycles. The van der Waals surface area contributed by atoms with Crippen molar-refractivity contribution >= 4 is 35.3 Å². The van der Waals surface area contributed by atoms with Crippen LogP contribution in [0.2, 0.25) is 0 Å². The molecule has 336 valence electrons. The number of nitrogens with zero attached hydrogens (tertiary/aromatic N) is 6. The molecule has 3 aliphatic heterocycles. The Balaban J connectivity index is 0.736. The van der Waals surface area contributed by atoms with Gasteiger partial charge in [0.2, 0.25) is 17.7 Å². The predicted octanol–water partition coefficient (Wildman–Crippen LogP) is 5.07. The van der Waals surface area contributed by atoms with E-state index in [0.717, 1.165) is 29.8 Å². The average molecular weight is 889 g/mol. The quantitative estimate of drug-likeness (QED) is 0.0804. The number of imide groups is 1. The molecule has 4 fully saturated rings. The molecule has 17 nitrogen and oxygen atoms in total. The molecule has 5 aromatic rings. The number of pyridine rings is 1. The number of hydrogen-bond donors (Lipinski definition) is 4. The third-order valence-corrected chi connectivity index (χ3v) is 11.6. The van der Waals surface area contributed by atoms with Gasteiger partial charge in [-0.2, -0.15) is 5.10 Å². The van der Waals surface area contributed by atoms with Gasteiger partial charge in [-0.05, 0) is 72.7 Å². The monoisotopic (exact) mass is 888 g/mol. The van der Waals surface area contributed by atoms with Crippen LogP contribution in [0.3, 0.4) is 0 Å². The van der Waals surface area contributed by atoms with Crippen LogP contribution in [0.4, 0.5) is 25.1 Å². The molecule has 1 saturated carbocycles. The molecule has 4 aliphatic rings. The Morgan fingerprint density at radius 3 is 2.69 bits per heavy atom. The number of nitrogens with one attached hydrogen (secondary N) is 4. The molecule has 3 saturated heterocycles. The molecule has 3 aromatic heterocycles. The number of anilines is 2. The van der Waals surface area contributed by atoms with Gasteiger partial charge in [-0.3, -0.25) is 29.5 Å². The Bertz CT molecular complexity index is 2620. The summed E-state index contributed by atoms with van der Waals surface area (Å²) in [6, 6.07) is 17.5. The normalized spacial score (nSPS) is 20.0. The summed E-state index contributed by atoms with van der Waals surface area (Å²) in [4.78, 5) is 61.9. The molecule has 0 radical (unpaired) electrons. The fraction of sp³-hybridized carbons (Fsp3) is 0.370. The summed E-state index contributed by atoms with van der Waals surface area (Å²) < 4.78 is 46.7. The van der Waals surface area contributed by atoms with Gasteiger partial charge in [-0.15, -0.1) is 0 Å². The highest BCUT2D eigenvalue weighted by Crippen LogP contribution is 2.32. The lowest BCUT2D eigenvalue weighted by molar-refractivity contribution is -0.136. The SMILES string of the molecule is O=C1CCC(N2C[C@H](c3cccc(C#CCN4CCO[C@@H](CNCc5ccc(-n6cc(NC(=O)c7coc(-c8ccnc(NCC9CC9)c8)n7)c(C(F)F)n6)cc5)C4)c3)OC2=O)C(=O)N1. The summed E-state index contributed by atoms with van der Waals surface area (Å²) in [5.74, 6) is 6.44. The first-order valence-electron chi connectivity index (χ1n) is 21.5. The van der Waals surface area contributed by atoms with E-state index in [1.54, 1.807) is 30.5 Å². The van der Waals surface area contributed by atoms with E-state index >= 15 is 0 Å². The lowest BCUT2D eigenvalue weighted by Gasteiger charge is -2.31. The van der Waals surface area contributed by atoms with E-state index in [1.807, 2.05) is 36.4 Å². The Hall–Kier alpha value is -7.01. The number of amides is 4. The van der Waals surface area contributed by atoms with Gasteiger partial charge in [-0.1, -0.05) is 36.1 Å². The van der Waals surface area contributed by atoms with Crippen molar-refractivity contribution in [3.05, 3.63) is 107 Å². The molecule has 19 heteroatoms. The molecule has 4 N–H and O–H groups in total. The average Bonchev–Trinajstić information content (AvgIpc) is 3.62. The van der Waals surface area contributed by atoms with Gasteiger partial charge in [0.1, 0.15) is 24.2 Å². The first-order valence-corrected chi connectivity index (χ1v) is 21.5. The smallest absolute Gasteiger partial charge is 0.411 e. The maximum absolute atomic E-state index is 14.1. The van der Waals surface area contributed by atoms with Crippen LogP contribution in [0.25, 0.3) is 17.1 Å². The molecule has 0 spiro atoms. The van der Waals surface area contributed by atoms with Crippen LogP contribution in [0, 0.1) is 17.8 Å². The van der Waals surface area contributed by atoms with Gasteiger partial charge in [0.15, 0.2) is 11.4 Å². The maximum atomic E-state index is 14.1. The van der Waals surface area contributed by atoms with Crippen LogP contribution in [-0.4, -0.2) is 111 Å². The van der Waals surface area contributed by atoms with E-state index in [2.05, 4.69) is 53.1 Å². The first-order chi connectivity index (χ1) is 31.6. The number of cyclic esters (lactones) is 1. The summed E-state index contributed by atoms with van der Waals surface area (Å²) in [6.07, 6.45) is 2.83. The summed E-state index contributed by atoms with van der Waals surface area (Å²) in [5.41, 5.74) is 2.85. The van der Waals surface area contributed by atoms with E-state index in [-0.39, 0.29) is 48.7 Å². The third kappa shape index (κ3) is 10.7. The van der Waals surface area contributed by atoms with Crippen molar-refractivity contribution in [1.29, 1.82) is 0 Å². The lowest BCUT2D eigenvalue weighted by atomic mass is 10.0. The van der Waals surface area contributed by atoms with E-state index in [0.29, 0.717) is 55.8 Å². The largest absolute Gasteiger partial charge is 0.444 e. The molecule has 65 heavy (non-hydrogen) atoms. The lowest BCUT2D eigenvalue weighted by Crippen LogP contribution is -2.52. The third-order valence-electron chi connectivity index (χ3n) is 11.6. The minimum atomic E-state index is -2.95. The summed E-state index contributed by atoms with van der Waals surface area (Å²) in [5, 5.41) is 15.6. The second-order valence-electron chi connectivity index (χ2n) is 16.4. The van der Waals surface area contributed by atoms with Crippen LogP contribution in [0.15, 0.2) is 83.7 Å². The highest BCUT2D eigenvalue weighted by Gasteiger charge is 2.42. The number of ether oxygens (including phenoxy) is 2. The summed E-state index contributed by atoms with van der Waals surface area (Å²) in [6.45, 7) is 4.68. The number of halogens is 2. The van der Waals surface area contributed by atoms with Crippen molar-refractivity contribution in [2.24, 2.45) is 5.92 Å². The fourth-order valence-corrected chi connectivity index (χ4v) is 7.85. The maximum Gasteiger partial charge on any atom is 0.411 e. The Morgan fingerprint density at radius 1 is 1.02 bits per heavy atom. The number of hydrogen-bond acceptors (Lipinski definition) is 13. The zero-order chi connectivity index (χ0) is 44.9. The number of alkyl halides is 2. The standard InChI is InChI=1S/C46H46F2N10O7/c47-42(48)41-35(52-43(60)36-27-64-45(53-36)32-14-15-50-39(20-32)51-22-30-6-7-30)25-58(55-41)33-10-8-29(9-11-33)21-49-23-34-24-56(17-18-63-34)16-2-4-28-3-1-5-31(19-28)38-26-57(46(62)65-38)37-12-13-40(59)54-44(37)61/h1,3,5,8-11,14-15,19-20,25,27,30,34,37-38,42,49H,6-7,12-13,16-18,21-24,26H2,(H,50,51)(H,52,60)(H,54,59,61)/t34-,37?,38+/m0/s1. The Kier molecular flexibility index (Phi) is 12.9. The van der Waals surface area contributed by atoms with Crippen molar-refractivity contribution in [3.8, 4) is 29.0 Å². The van der Waals surface area contributed by atoms with Crippen LogP contribution in [0.5, 0.6) is 0 Å². The van der Waals surface area contributed by atoms with Gasteiger partial charge in [0.25, 0.3) is 12.3 Å². The van der Waals surface area contributed by atoms with Crippen LogP contribution >= 0.6 is 0 Å². The number of rotatable bonds is 15. The number of oxazole rings is 1. The first kappa shape index (κ1) is 43.3. The molecule has 2 aromatic carbocycles. The molecular weight excluding hydrogens is 843 g/mol. The molecule has 1 unspecified atom stereocenters. The molecule has 6 heterocycles. The van der Waals surface area contributed by atoms with E-state index < -0.39 is 42.2 Å². The highest BCUT2D eigenvalue weighted by atomic mass is 19.3. The van der Waals surface area contributed by atoms with Gasteiger partial charge in [0.05, 0.1) is 43.4 Å². The minimum Gasteiger partial charge on any atom is -0.444 e.